The molecule has 2 heterocycles. The van der Waals surface area contributed by atoms with Gasteiger partial charge >= 0.3 is 0 Å². The molecule has 7 heteroatoms. The summed E-state index contributed by atoms with van der Waals surface area (Å²) >= 11 is 0. The molecule has 0 unspecified atom stereocenters. The summed E-state index contributed by atoms with van der Waals surface area (Å²) in [6.45, 7) is 1.83. The second-order valence-corrected chi connectivity index (χ2v) is 5.96. The predicted molar refractivity (Wildman–Crippen MR) is 91.9 cm³/mol. The van der Waals surface area contributed by atoms with Crippen molar-refractivity contribution in [2.45, 2.75) is 13.5 Å². The third-order valence-electron chi connectivity index (χ3n) is 4.24. The summed E-state index contributed by atoms with van der Waals surface area (Å²) in [4.78, 5) is 24.4. The number of carbonyl (C=O) groups excluding carboxylic acids is 2. The quantitative estimate of drug-likeness (QED) is 0.785. The molecule has 26 heavy (non-hydrogen) atoms. The van der Waals surface area contributed by atoms with E-state index in [1.54, 1.807) is 12.1 Å². The highest BCUT2D eigenvalue weighted by Crippen LogP contribution is 2.32. The molecule has 4 rings (SSSR count). The molecule has 132 valence electrons. The summed E-state index contributed by atoms with van der Waals surface area (Å²) in [5.41, 5.74) is 1.53. The van der Waals surface area contributed by atoms with Crippen LogP contribution in [0.15, 0.2) is 42.6 Å². The van der Waals surface area contributed by atoms with Gasteiger partial charge < -0.3 is 14.8 Å². The second-order valence-electron chi connectivity index (χ2n) is 5.96. The van der Waals surface area contributed by atoms with Crippen molar-refractivity contribution in [2.24, 2.45) is 0 Å². The lowest BCUT2D eigenvalue weighted by atomic mass is 10.1. The lowest BCUT2D eigenvalue weighted by Crippen LogP contribution is -2.22. The van der Waals surface area contributed by atoms with Crippen LogP contribution in [0.25, 0.3) is 10.9 Å². The van der Waals surface area contributed by atoms with E-state index < -0.39 is 5.82 Å². The first-order valence-electron chi connectivity index (χ1n) is 8.01. The van der Waals surface area contributed by atoms with Gasteiger partial charge in [0, 0.05) is 25.1 Å². The summed E-state index contributed by atoms with van der Waals surface area (Å²) in [6, 6.07) is 9.43. The molecule has 6 nitrogen and oxygen atoms in total. The van der Waals surface area contributed by atoms with Gasteiger partial charge in [0.05, 0.1) is 11.1 Å². The van der Waals surface area contributed by atoms with Gasteiger partial charge in [0.15, 0.2) is 11.5 Å². The number of nitrogens with one attached hydrogen (secondary N) is 1. The number of nitrogens with zero attached hydrogens (tertiary/aromatic N) is 1. The van der Waals surface area contributed by atoms with E-state index in [9.17, 15) is 14.0 Å². The van der Waals surface area contributed by atoms with Gasteiger partial charge in [0.25, 0.3) is 5.91 Å². The average Bonchev–Trinajstić information content (AvgIpc) is 3.23. The van der Waals surface area contributed by atoms with Crippen molar-refractivity contribution >= 4 is 22.7 Å². The summed E-state index contributed by atoms with van der Waals surface area (Å²) in [6.07, 6.45) is 1.43. The molecule has 0 saturated carbocycles. The monoisotopic (exact) mass is 354 g/mol. The van der Waals surface area contributed by atoms with Gasteiger partial charge in [-0.25, -0.2) is 4.39 Å². The fourth-order valence-corrected chi connectivity index (χ4v) is 2.97. The highest BCUT2D eigenvalue weighted by molar-refractivity contribution is 6.09. The zero-order chi connectivity index (χ0) is 18.3. The molecular weight excluding hydrogens is 339 g/mol. The van der Waals surface area contributed by atoms with E-state index in [0.29, 0.717) is 28.0 Å². The smallest absolute Gasteiger partial charge is 0.253 e. The Morgan fingerprint density at radius 2 is 1.96 bits per heavy atom. The molecule has 0 bridgehead atoms. The van der Waals surface area contributed by atoms with Crippen LogP contribution < -0.4 is 14.8 Å². The first-order valence-corrected chi connectivity index (χ1v) is 8.01. The standard InChI is InChI=1S/C19H15FN2O4/c1-11(23)22-9-15(14-4-3-13(20)7-16(14)22)19(24)21-8-12-2-5-17-18(6-12)26-10-25-17/h2-7,9H,8,10H2,1H3,(H,21,24). The second kappa shape index (κ2) is 6.18. The Labute approximate surface area is 148 Å². The van der Waals surface area contributed by atoms with Crippen LogP contribution in [0, 0.1) is 5.82 Å². The molecule has 0 spiro atoms. The summed E-state index contributed by atoms with van der Waals surface area (Å²) in [5.74, 6) is 0.201. The van der Waals surface area contributed by atoms with E-state index in [1.165, 1.54) is 35.9 Å². The Bertz CT molecular complexity index is 1040. The third kappa shape index (κ3) is 2.77. The number of aromatic nitrogens is 1. The first-order chi connectivity index (χ1) is 12.5. The maximum atomic E-state index is 13.5. The zero-order valence-electron chi connectivity index (χ0n) is 13.9. The Kier molecular flexibility index (Phi) is 3.84. The molecule has 0 aliphatic carbocycles. The first kappa shape index (κ1) is 16.1. The van der Waals surface area contributed by atoms with E-state index in [2.05, 4.69) is 5.32 Å². The number of ether oxygens (including phenoxy) is 2. The van der Waals surface area contributed by atoms with Gasteiger partial charge in [-0.1, -0.05) is 6.07 Å². The molecule has 3 aromatic rings. The molecule has 1 amide bonds. The fraction of sp³-hybridized carbons (Fsp3) is 0.158. The van der Waals surface area contributed by atoms with Crippen LogP contribution >= 0.6 is 0 Å². The fourth-order valence-electron chi connectivity index (χ4n) is 2.97. The van der Waals surface area contributed by atoms with Crippen LogP contribution in [-0.4, -0.2) is 23.2 Å². The Morgan fingerprint density at radius 1 is 1.15 bits per heavy atom. The predicted octanol–water partition coefficient (Wildman–Crippen LogP) is 3.10. The van der Waals surface area contributed by atoms with Crippen molar-refractivity contribution in [3.63, 3.8) is 0 Å². The van der Waals surface area contributed by atoms with Crippen LogP contribution in [0.4, 0.5) is 4.39 Å². The Balaban J connectivity index is 1.59. The number of benzene rings is 2. The highest BCUT2D eigenvalue weighted by Gasteiger charge is 2.18. The summed E-state index contributed by atoms with van der Waals surface area (Å²) in [7, 11) is 0. The molecule has 2 aromatic carbocycles. The number of fused-ring (bicyclic) bond motifs is 2. The maximum Gasteiger partial charge on any atom is 0.253 e. The van der Waals surface area contributed by atoms with Crippen molar-refractivity contribution in [3.05, 3.63) is 59.5 Å². The number of hydrogen-bond donors (Lipinski definition) is 1. The minimum absolute atomic E-state index is 0.187. The average molecular weight is 354 g/mol. The van der Waals surface area contributed by atoms with Gasteiger partial charge in [-0.2, -0.15) is 0 Å². The van der Waals surface area contributed by atoms with E-state index in [0.717, 1.165) is 5.56 Å². The number of amides is 1. The third-order valence-corrected chi connectivity index (χ3v) is 4.24. The number of halogens is 1. The normalized spacial score (nSPS) is 12.4. The van der Waals surface area contributed by atoms with Gasteiger partial charge in [0.2, 0.25) is 12.7 Å². The largest absolute Gasteiger partial charge is 0.454 e. The minimum Gasteiger partial charge on any atom is -0.454 e. The minimum atomic E-state index is -0.467. The topological polar surface area (TPSA) is 69.6 Å². The van der Waals surface area contributed by atoms with Gasteiger partial charge in [0.1, 0.15) is 5.82 Å². The molecule has 1 aliphatic rings. The van der Waals surface area contributed by atoms with E-state index in [4.69, 9.17) is 9.47 Å². The molecule has 0 saturated heterocycles. The van der Waals surface area contributed by atoms with Gasteiger partial charge in [-0.05, 0) is 35.9 Å². The zero-order valence-corrected chi connectivity index (χ0v) is 13.9. The van der Waals surface area contributed by atoms with E-state index in [1.807, 2.05) is 6.07 Å². The van der Waals surface area contributed by atoms with E-state index >= 15 is 0 Å². The molecular formula is C19H15FN2O4. The number of hydrogen-bond acceptors (Lipinski definition) is 4. The van der Waals surface area contributed by atoms with Crippen LogP contribution in [-0.2, 0) is 6.54 Å². The number of rotatable bonds is 3. The van der Waals surface area contributed by atoms with Crippen molar-refractivity contribution in [1.29, 1.82) is 0 Å². The maximum absolute atomic E-state index is 13.5. The van der Waals surface area contributed by atoms with Crippen molar-refractivity contribution in [1.82, 2.24) is 9.88 Å². The van der Waals surface area contributed by atoms with Crippen molar-refractivity contribution < 1.29 is 23.5 Å². The highest BCUT2D eigenvalue weighted by atomic mass is 19.1. The van der Waals surface area contributed by atoms with E-state index in [-0.39, 0.29) is 25.2 Å². The van der Waals surface area contributed by atoms with Gasteiger partial charge in [-0.15, -0.1) is 0 Å². The van der Waals surface area contributed by atoms with Gasteiger partial charge in [-0.3, -0.25) is 14.2 Å². The van der Waals surface area contributed by atoms with Crippen molar-refractivity contribution in [2.75, 3.05) is 6.79 Å². The Hall–Kier alpha value is -3.35. The lowest BCUT2D eigenvalue weighted by molar-refractivity contribution is 0.0941. The number of carbonyl (C=O) groups is 2. The van der Waals surface area contributed by atoms with Crippen LogP contribution in [0.1, 0.15) is 27.6 Å². The molecule has 1 N–H and O–H groups in total. The lowest BCUT2D eigenvalue weighted by Gasteiger charge is -2.06. The van der Waals surface area contributed by atoms with Crippen LogP contribution in [0.2, 0.25) is 0 Å². The molecule has 1 aromatic heterocycles. The summed E-state index contributed by atoms with van der Waals surface area (Å²) < 4.78 is 25.4. The molecule has 0 atom stereocenters. The van der Waals surface area contributed by atoms with Crippen LogP contribution in [0.3, 0.4) is 0 Å². The molecule has 1 aliphatic heterocycles. The van der Waals surface area contributed by atoms with Crippen molar-refractivity contribution in [3.8, 4) is 11.5 Å². The summed E-state index contributed by atoms with van der Waals surface area (Å²) in [5, 5.41) is 3.33. The Morgan fingerprint density at radius 3 is 2.77 bits per heavy atom. The molecule has 0 radical (unpaired) electrons. The SMILES string of the molecule is CC(=O)n1cc(C(=O)NCc2ccc3c(c2)OCO3)c2ccc(F)cc21. The molecule has 0 fully saturated rings. The van der Waals surface area contributed by atoms with Crippen LogP contribution in [0.5, 0.6) is 11.5 Å².